The molecule has 0 saturated heterocycles. The fraction of sp³-hybridized carbons (Fsp3) is 0.100. The van der Waals surface area contributed by atoms with Gasteiger partial charge < -0.3 is 5.32 Å². The van der Waals surface area contributed by atoms with Crippen LogP contribution in [-0.4, -0.2) is 38.6 Å². The van der Waals surface area contributed by atoms with E-state index >= 15 is 0 Å². The Morgan fingerprint density at radius 3 is 2.57 bits per heavy atom. The van der Waals surface area contributed by atoms with E-state index < -0.39 is 34.4 Å². The van der Waals surface area contributed by atoms with Crippen molar-refractivity contribution >= 4 is 39.9 Å². The molecule has 1 N–H and O–H groups in total. The molecule has 2 heterocycles. The first-order valence-electron chi connectivity index (χ1n) is 8.85. The third-order valence-corrected chi connectivity index (χ3v) is 5.45. The number of hydrogen-bond acceptors (Lipinski definition) is 7. The van der Waals surface area contributed by atoms with E-state index in [-0.39, 0.29) is 11.1 Å². The molecule has 9 nitrogen and oxygen atoms in total. The minimum absolute atomic E-state index is 0.0885. The molecular weight excluding hydrogens is 408 g/mol. The van der Waals surface area contributed by atoms with E-state index in [1.54, 1.807) is 5.38 Å². The topological polar surface area (TPSA) is 123 Å². The minimum atomic E-state index is -1.18. The Morgan fingerprint density at radius 2 is 1.87 bits per heavy atom. The van der Waals surface area contributed by atoms with Crippen molar-refractivity contribution in [1.82, 2.24) is 9.88 Å². The standard InChI is InChI=1S/C20H14N4O5S/c1-11(17(25)22-20-21-14(10-30-20)12-6-3-2-4-7-12)23-18(26)13-8-5-9-15(24(28)29)16(13)19(23)27/h2-11H,1H3,(H,21,22,25). The predicted octanol–water partition coefficient (Wildman–Crippen LogP) is 3.34. The molecule has 1 aliphatic rings. The van der Waals surface area contributed by atoms with Gasteiger partial charge in [0, 0.05) is 17.0 Å². The highest BCUT2D eigenvalue weighted by atomic mass is 32.1. The molecular formula is C20H14N4O5S. The summed E-state index contributed by atoms with van der Waals surface area (Å²) < 4.78 is 0. The molecule has 2 aromatic carbocycles. The van der Waals surface area contributed by atoms with Crippen LogP contribution in [0, 0.1) is 10.1 Å². The second kappa shape index (κ2) is 7.48. The van der Waals surface area contributed by atoms with Gasteiger partial charge in [-0.25, -0.2) is 4.98 Å². The van der Waals surface area contributed by atoms with Crippen molar-refractivity contribution in [1.29, 1.82) is 0 Å². The van der Waals surface area contributed by atoms with Gasteiger partial charge in [0.2, 0.25) is 5.91 Å². The second-order valence-electron chi connectivity index (χ2n) is 6.51. The van der Waals surface area contributed by atoms with E-state index in [1.165, 1.54) is 30.4 Å². The summed E-state index contributed by atoms with van der Waals surface area (Å²) in [6, 6.07) is 12.0. The van der Waals surface area contributed by atoms with Crippen molar-refractivity contribution in [2.75, 3.05) is 5.32 Å². The van der Waals surface area contributed by atoms with Crippen molar-refractivity contribution in [2.24, 2.45) is 0 Å². The molecule has 4 rings (SSSR count). The number of thiazole rings is 1. The first-order chi connectivity index (χ1) is 14.4. The van der Waals surface area contributed by atoms with Crippen LogP contribution in [0.25, 0.3) is 11.3 Å². The van der Waals surface area contributed by atoms with E-state index in [9.17, 15) is 24.5 Å². The Balaban J connectivity index is 1.54. The van der Waals surface area contributed by atoms with Crippen molar-refractivity contribution in [3.8, 4) is 11.3 Å². The molecule has 3 amide bonds. The maximum absolute atomic E-state index is 12.7. The normalized spacial score (nSPS) is 13.8. The Morgan fingerprint density at radius 1 is 1.13 bits per heavy atom. The molecule has 1 aromatic heterocycles. The summed E-state index contributed by atoms with van der Waals surface area (Å²) >= 11 is 1.21. The summed E-state index contributed by atoms with van der Waals surface area (Å²) in [5.41, 5.74) is 0.713. The molecule has 1 unspecified atom stereocenters. The molecule has 0 fully saturated rings. The van der Waals surface area contributed by atoms with Crippen LogP contribution in [0.1, 0.15) is 27.6 Å². The van der Waals surface area contributed by atoms with Crippen LogP contribution >= 0.6 is 11.3 Å². The molecule has 0 saturated carbocycles. The number of hydrogen-bond donors (Lipinski definition) is 1. The van der Waals surface area contributed by atoms with Crippen molar-refractivity contribution in [2.45, 2.75) is 13.0 Å². The third kappa shape index (κ3) is 3.22. The van der Waals surface area contributed by atoms with Gasteiger partial charge in [0.05, 0.1) is 16.2 Å². The molecule has 0 radical (unpaired) electrons. The van der Waals surface area contributed by atoms with Crippen LogP contribution < -0.4 is 5.32 Å². The molecule has 10 heteroatoms. The van der Waals surface area contributed by atoms with Crippen LogP contribution in [0.15, 0.2) is 53.9 Å². The maximum Gasteiger partial charge on any atom is 0.282 e. The average Bonchev–Trinajstić information content (AvgIpc) is 3.31. The summed E-state index contributed by atoms with van der Waals surface area (Å²) in [6.45, 7) is 1.38. The molecule has 1 aliphatic heterocycles. The van der Waals surface area contributed by atoms with Crippen LogP contribution in [0.3, 0.4) is 0 Å². The lowest BCUT2D eigenvalue weighted by Crippen LogP contribution is -2.45. The monoisotopic (exact) mass is 422 g/mol. The molecule has 150 valence electrons. The highest BCUT2D eigenvalue weighted by molar-refractivity contribution is 7.14. The molecule has 0 bridgehead atoms. The number of aromatic nitrogens is 1. The summed E-state index contributed by atoms with van der Waals surface area (Å²) in [5, 5.41) is 15.9. The average molecular weight is 422 g/mol. The van der Waals surface area contributed by atoms with Gasteiger partial charge in [-0.05, 0) is 13.0 Å². The summed E-state index contributed by atoms with van der Waals surface area (Å²) in [7, 11) is 0. The Bertz CT molecular complexity index is 1190. The lowest BCUT2D eigenvalue weighted by atomic mass is 10.1. The Kier molecular flexibility index (Phi) is 4.84. The number of amides is 3. The first kappa shape index (κ1) is 19.4. The van der Waals surface area contributed by atoms with Gasteiger partial charge in [-0.15, -0.1) is 11.3 Å². The number of anilines is 1. The SMILES string of the molecule is CC(C(=O)Nc1nc(-c2ccccc2)cs1)N1C(=O)c2cccc([N+](=O)[O-])c2C1=O. The molecule has 0 spiro atoms. The number of nitrogens with zero attached hydrogens (tertiary/aromatic N) is 3. The number of benzene rings is 2. The number of imide groups is 1. The fourth-order valence-corrected chi connectivity index (χ4v) is 3.91. The Hall–Kier alpha value is -3.92. The third-order valence-electron chi connectivity index (χ3n) is 4.69. The number of fused-ring (bicyclic) bond motifs is 1. The number of nitro benzene ring substituents is 1. The van der Waals surface area contributed by atoms with Gasteiger partial charge in [0.1, 0.15) is 11.6 Å². The van der Waals surface area contributed by atoms with Gasteiger partial charge in [-0.2, -0.15) is 0 Å². The highest BCUT2D eigenvalue weighted by Crippen LogP contribution is 2.32. The highest BCUT2D eigenvalue weighted by Gasteiger charge is 2.44. The number of carbonyl (C=O) groups excluding carboxylic acids is 3. The minimum Gasteiger partial charge on any atom is -0.300 e. The molecule has 3 aromatic rings. The van der Waals surface area contributed by atoms with E-state index in [0.717, 1.165) is 16.5 Å². The van der Waals surface area contributed by atoms with Crippen molar-refractivity contribution in [3.63, 3.8) is 0 Å². The van der Waals surface area contributed by atoms with E-state index in [1.807, 2.05) is 30.3 Å². The predicted molar refractivity (Wildman–Crippen MR) is 109 cm³/mol. The van der Waals surface area contributed by atoms with Crippen molar-refractivity contribution < 1.29 is 19.3 Å². The van der Waals surface area contributed by atoms with E-state index in [2.05, 4.69) is 10.3 Å². The first-order valence-corrected chi connectivity index (χ1v) is 9.73. The molecule has 0 aliphatic carbocycles. The smallest absolute Gasteiger partial charge is 0.282 e. The van der Waals surface area contributed by atoms with Crippen LogP contribution in [0.2, 0.25) is 0 Å². The number of nitrogens with one attached hydrogen (secondary N) is 1. The number of nitro groups is 1. The molecule has 30 heavy (non-hydrogen) atoms. The largest absolute Gasteiger partial charge is 0.300 e. The quantitative estimate of drug-likeness (QED) is 0.382. The van der Waals surface area contributed by atoms with Crippen LogP contribution in [0.4, 0.5) is 10.8 Å². The van der Waals surface area contributed by atoms with Gasteiger partial charge in [0.25, 0.3) is 17.5 Å². The summed E-state index contributed by atoms with van der Waals surface area (Å²) in [5.74, 6) is -2.24. The van der Waals surface area contributed by atoms with Gasteiger partial charge in [-0.1, -0.05) is 36.4 Å². The number of carbonyl (C=O) groups is 3. The lowest BCUT2D eigenvalue weighted by molar-refractivity contribution is -0.385. The second-order valence-corrected chi connectivity index (χ2v) is 7.36. The van der Waals surface area contributed by atoms with Gasteiger partial charge in [0.15, 0.2) is 5.13 Å². The zero-order chi connectivity index (χ0) is 21.4. The van der Waals surface area contributed by atoms with Gasteiger partial charge in [-0.3, -0.25) is 29.4 Å². The maximum atomic E-state index is 12.7. The van der Waals surface area contributed by atoms with E-state index in [0.29, 0.717) is 10.8 Å². The van der Waals surface area contributed by atoms with Crippen molar-refractivity contribution in [3.05, 3.63) is 75.2 Å². The zero-order valence-electron chi connectivity index (χ0n) is 15.6. The fourth-order valence-electron chi connectivity index (χ4n) is 3.19. The van der Waals surface area contributed by atoms with Crippen LogP contribution in [0.5, 0.6) is 0 Å². The summed E-state index contributed by atoms with van der Waals surface area (Å²) in [4.78, 5) is 53.7. The zero-order valence-corrected chi connectivity index (χ0v) is 16.4. The Labute approximate surface area is 174 Å². The lowest BCUT2D eigenvalue weighted by Gasteiger charge is -2.20. The van der Waals surface area contributed by atoms with Gasteiger partial charge >= 0.3 is 0 Å². The molecule has 1 atom stereocenters. The van der Waals surface area contributed by atoms with Crippen LogP contribution in [-0.2, 0) is 4.79 Å². The number of rotatable bonds is 5. The summed E-state index contributed by atoms with van der Waals surface area (Å²) in [6.07, 6.45) is 0. The van der Waals surface area contributed by atoms with E-state index in [4.69, 9.17) is 0 Å².